The number of carbonyl (C=O) groups excluding carboxylic acids is 1. The number of esters is 1. The van der Waals surface area contributed by atoms with Gasteiger partial charge in [-0.2, -0.15) is 0 Å². The first-order valence-corrected chi connectivity index (χ1v) is 14.2. The van der Waals surface area contributed by atoms with Crippen molar-refractivity contribution in [1.29, 1.82) is 0 Å². The summed E-state index contributed by atoms with van der Waals surface area (Å²) in [5, 5.41) is 11.8. The number of nitro groups is 1. The van der Waals surface area contributed by atoms with Gasteiger partial charge in [0.05, 0.1) is 10.8 Å². The molecule has 5 nitrogen and oxygen atoms in total. The number of nitrogens with zero attached hydrogens (tertiary/aromatic N) is 1. The van der Waals surface area contributed by atoms with Gasteiger partial charge in [-0.05, 0) is 43.7 Å². The van der Waals surface area contributed by atoms with E-state index in [2.05, 4.69) is 29.8 Å². The third-order valence-corrected chi connectivity index (χ3v) is 6.94. The average Bonchev–Trinajstić information content (AvgIpc) is 2.81. The molecule has 2 atom stereocenters. The number of nitro benzene ring substituents is 1. The van der Waals surface area contributed by atoms with Gasteiger partial charge in [0, 0.05) is 17.5 Å². The van der Waals surface area contributed by atoms with Gasteiger partial charge in [0.1, 0.15) is 5.75 Å². The van der Waals surface area contributed by atoms with E-state index in [0.29, 0.717) is 11.7 Å². The number of benzene rings is 1. The lowest BCUT2D eigenvalue weighted by Gasteiger charge is -2.25. The minimum atomic E-state index is -0.450. The van der Waals surface area contributed by atoms with Gasteiger partial charge in [-0.3, -0.25) is 14.9 Å². The molecule has 33 heavy (non-hydrogen) atoms. The molecule has 0 N–H and O–H groups in total. The second-order valence-electron chi connectivity index (χ2n) is 9.13. The highest BCUT2D eigenvalue weighted by Gasteiger charge is 2.29. The number of hydrogen-bond donors (Lipinski definition) is 0. The minimum absolute atomic E-state index is 0.00364. The highest BCUT2D eigenvalue weighted by atomic mass is 79.9. The van der Waals surface area contributed by atoms with E-state index in [1.165, 1.54) is 82.1 Å². The lowest BCUT2D eigenvalue weighted by molar-refractivity contribution is -0.384. The third-order valence-electron chi connectivity index (χ3n) is 6.37. The summed E-state index contributed by atoms with van der Waals surface area (Å²) in [7, 11) is 0. The SMILES string of the molecule is CCCCCCCCCCCCC(CCCBr)C(CCC)C(=O)Oc1ccc([N+](=O)[O-])cc1. The Bertz CT molecular complexity index is 650. The van der Waals surface area contributed by atoms with Gasteiger partial charge < -0.3 is 4.74 Å². The Balaban J connectivity index is 2.53. The van der Waals surface area contributed by atoms with Gasteiger partial charge >= 0.3 is 5.97 Å². The number of rotatable bonds is 20. The zero-order valence-electron chi connectivity index (χ0n) is 20.7. The van der Waals surface area contributed by atoms with Crippen LogP contribution in [0.25, 0.3) is 0 Å². The fraction of sp³-hybridized carbons (Fsp3) is 0.741. The van der Waals surface area contributed by atoms with Crippen molar-refractivity contribution in [2.24, 2.45) is 11.8 Å². The molecule has 0 aliphatic rings. The van der Waals surface area contributed by atoms with Gasteiger partial charge in [0.2, 0.25) is 0 Å². The van der Waals surface area contributed by atoms with Crippen LogP contribution in [0.2, 0.25) is 0 Å². The van der Waals surface area contributed by atoms with Crippen LogP contribution in [0.3, 0.4) is 0 Å². The maximum absolute atomic E-state index is 13.0. The monoisotopic (exact) mass is 525 g/mol. The molecule has 0 heterocycles. The van der Waals surface area contributed by atoms with Crippen LogP contribution in [0, 0.1) is 22.0 Å². The highest BCUT2D eigenvalue weighted by molar-refractivity contribution is 9.09. The lowest BCUT2D eigenvalue weighted by atomic mass is 9.81. The van der Waals surface area contributed by atoms with Crippen molar-refractivity contribution in [3.63, 3.8) is 0 Å². The second kappa shape index (κ2) is 18.9. The molecule has 0 aromatic heterocycles. The number of unbranched alkanes of at least 4 members (excludes halogenated alkanes) is 9. The summed E-state index contributed by atoms with van der Waals surface area (Å²) in [5.74, 6) is 0.382. The highest BCUT2D eigenvalue weighted by Crippen LogP contribution is 2.30. The van der Waals surface area contributed by atoms with Crippen LogP contribution in [-0.2, 0) is 4.79 Å². The maximum atomic E-state index is 13.0. The number of ether oxygens (including phenoxy) is 1. The standard InChI is InChI=1S/C27H44BrNO4/c1-3-5-6-7-8-9-10-11-12-13-16-23(17-14-22-28)26(15-4-2)27(30)33-25-20-18-24(19-21-25)29(31)32/h18-21,23,26H,3-17,22H2,1-2H3. The molecule has 0 bridgehead atoms. The van der Waals surface area contributed by atoms with E-state index in [-0.39, 0.29) is 17.6 Å². The van der Waals surface area contributed by atoms with Crippen molar-refractivity contribution in [1.82, 2.24) is 0 Å². The van der Waals surface area contributed by atoms with Crippen molar-refractivity contribution < 1.29 is 14.5 Å². The summed E-state index contributed by atoms with van der Waals surface area (Å²) >= 11 is 3.54. The Morgan fingerprint density at radius 1 is 0.848 bits per heavy atom. The van der Waals surface area contributed by atoms with Crippen LogP contribution in [0.5, 0.6) is 5.75 Å². The van der Waals surface area contributed by atoms with E-state index in [4.69, 9.17) is 4.74 Å². The minimum Gasteiger partial charge on any atom is -0.426 e. The Hall–Kier alpha value is -1.43. The quantitative estimate of drug-likeness (QED) is 0.0424. The summed E-state index contributed by atoms with van der Waals surface area (Å²) in [4.78, 5) is 23.4. The van der Waals surface area contributed by atoms with Crippen LogP contribution < -0.4 is 4.74 Å². The summed E-state index contributed by atoms with van der Waals surface area (Å²) in [6.07, 6.45) is 18.0. The zero-order chi connectivity index (χ0) is 24.3. The molecular formula is C27H44BrNO4. The van der Waals surface area contributed by atoms with E-state index < -0.39 is 4.92 Å². The van der Waals surface area contributed by atoms with E-state index in [1.54, 1.807) is 0 Å². The van der Waals surface area contributed by atoms with Crippen molar-refractivity contribution in [2.45, 2.75) is 110 Å². The predicted molar refractivity (Wildman–Crippen MR) is 140 cm³/mol. The van der Waals surface area contributed by atoms with Crippen LogP contribution in [0.4, 0.5) is 5.69 Å². The molecule has 1 aromatic rings. The molecule has 0 amide bonds. The van der Waals surface area contributed by atoms with Crippen molar-refractivity contribution in [3.05, 3.63) is 34.4 Å². The Kier molecular flexibility index (Phi) is 17.0. The Morgan fingerprint density at radius 3 is 1.91 bits per heavy atom. The molecule has 2 unspecified atom stereocenters. The van der Waals surface area contributed by atoms with E-state index in [9.17, 15) is 14.9 Å². The van der Waals surface area contributed by atoms with Crippen molar-refractivity contribution >= 4 is 27.6 Å². The van der Waals surface area contributed by atoms with Gasteiger partial charge in [0.25, 0.3) is 5.69 Å². The zero-order valence-corrected chi connectivity index (χ0v) is 22.3. The topological polar surface area (TPSA) is 69.4 Å². The number of non-ortho nitro benzene ring substituents is 1. The molecule has 188 valence electrons. The largest absolute Gasteiger partial charge is 0.426 e. The number of alkyl halides is 1. The van der Waals surface area contributed by atoms with Crippen LogP contribution in [-0.4, -0.2) is 16.2 Å². The fourth-order valence-corrected chi connectivity index (χ4v) is 4.79. The number of halogens is 1. The molecule has 1 rings (SSSR count). The van der Waals surface area contributed by atoms with Gasteiger partial charge in [-0.25, -0.2) is 0 Å². The van der Waals surface area contributed by atoms with Crippen molar-refractivity contribution in [2.75, 3.05) is 5.33 Å². The third kappa shape index (κ3) is 13.1. The first-order chi connectivity index (χ1) is 16.0. The Labute approximate surface area is 209 Å². The van der Waals surface area contributed by atoms with Crippen LogP contribution in [0.15, 0.2) is 24.3 Å². The van der Waals surface area contributed by atoms with Crippen molar-refractivity contribution in [3.8, 4) is 5.75 Å². The molecular weight excluding hydrogens is 482 g/mol. The predicted octanol–water partition coefficient (Wildman–Crippen LogP) is 9.02. The average molecular weight is 527 g/mol. The maximum Gasteiger partial charge on any atom is 0.314 e. The molecule has 6 heteroatoms. The first-order valence-electron chi connectivity index (χ1n) is 13.1. The molecule has 0 aliphatic heterocycles. The molecule has 0 fully saturated rings. The summed E-state index contributed by atoms with van der Waals surface area (Å²) in [6, 6.07) is 5.77. The van der Waals surface area contributed by atoms with E-state index in [0.717, 1.165) is 43.9 Å². The number of carbonyl (C=O) groups is 1. The molecule has 0 radical (unpaired) electrons. The Morgan fingerprint density at radius 2 is 1.39 bits per heavy atom. The lowest BCUT2D eigenvalue weighted by Crippen LogP contribution is -2.28. The first kappa shape index (κ1) is 29.6. The van der Waals surface area contributed by atoms with Gasteiger partial charge in [-0.1, -0.05) is 100 Å². The van der Waals surface area contributed by atoms with E-state index in [1.807, 2.05) is 0 Å². The van der Waals surface area contributed by atoms with E-state index >= 15 is 0 Å². The van der Waals surface area contributed by atoms with Crippen LogP contribution >= 0.6 is 15.9 Å². The summed E-state index contributed by atoms with van der Waals surface area (Å²) in [5.41, 5.74) is -0.00364. The summed E-state index contributed by atoms with van der Waals surface area (Å²) < 4.78 is 5.65. The second-order valence-corrected chi connectivity index (χ2v) is 9.92. The number of hydrogen-bond acceptors (Lipinski definition) is 4. The molecule has 0 saturated carbocycles. The van der Waals surface area contributed by atoms with Gasteiger partial charge in [0.15, 0.2) is 0 Å². The summed E-state index contributed by atoms with van der Waals surface area (Å²) in [6.45, 7) is 4.36. The smallest absolute Gasteiger partial charge is 0.314 e. The molecule has 0 spiro atoms. The normalized spacial score (nSPS) is 12.9. The molecule has 0 saturated heterocycles. The fourth-order valence-electron chi connectivity index (χ4n) is 4.46. The van der Waals surface area contributed by atoms with Gasteiger partial charge in [-0.15, -0.1) is 0 Å². The van der Waals surface area contributed by atoms with Crippen LogP contribution in [0.1, 0.15) is 110 Å². The molecule has 1 aromatic carbocycles. The molecule has 0 aliphatic carbocycles.